The van der Waals surface area contributed by atoms with E-state index in [0.717, 1.165) is 83.2 Å². The summed E-state index contributed by atoms with van der Waals surface area (Å²) in [4.78, 5) is 7.43. The summed E-state index contributed by atoms with van der Waals surface area (Å²) in [7, 11) is 0. The molecule has 0 radical (unpaired) electrons. The van der Waals surface area contributed by atoms with Gasteiger partial charge in [-0.3, -0.25) is 0 Å². The van der Waals surface area contributed by atoms with Crippen LogP contribution in [0, 0.1) is 0 Å². The normalized spacial score (nSPS) is 12.0. The molecule has 8 aromatic carbocycles. The van der Waals surface area contributed by atoms with E-state index in [-0.39, 0.29) is 0 Å². The third-order valence-electron chi connectivity index (χ3n) is 9.93. The summed E-state index contributed by atoms with van der Waals surface area (Å²) in [5.41, 5.74) is 10.6. The van der Waals surface area contributed by atoms with Gasteiger partial charge in [0.2, 0.25) is 5.89 Å². The maximum atomic E-state index is 6.70. The van der Waals surface area contributed by atoms with Crippen LogP contribution in [0.25, 0.3) is 82.8 Å². The SMILES string of the molecule is c1ccc(-c2nc3c4cccc5oc6cc(N(c7ccccc7)c7cccc8c9ccccc9n(-c9ccccc9)c78)cc(c3o2)c6c54)cc1. The summed E-state index contributed by atoms with van der Waals surface area (Å²) in [6, 6.07) is 57.1. The van der Waals surface area contributed by atoms with Crippen molar-refractivity contribution >= 4 is 82.7 Å². The number of oxazole rings is 1. The zero-order valence-electron chi connectivity index (χ0n) is 26.7. The Hall–Kier alpha value is -6.85. The molecular formula is C45H27N3O2. The smallest absolute Gasteiger partial charge is 0.227 e. The molecule has 0 saturated heterocycles. The van der Waals surface area contributed by atoms with Crippen molar-refractivity contribution in [2.45, 2.75) is 0 Å². The van der Waals surface area contributed by atoms with Crippen LogP contribution >= 0.6 is 0 Å². The van der Waals surface area contributed by atoms with Gasteiger partial charge in [-0.1, -0.05) is 97.1 Å². The average molecular weight is 642 g/mol. The Balaban J connectivity index is 1.26. The maximum Gasteiger partial charge on any atom is 0.227 e. The quantitative estimate of drug-likeness (QED) is 0.175. The highest BCUT2D eigenvalue weighted by Gasteiger charge is 2.26. The van der Waals surface area contributed by atoms with E-state index in [4.69, 9.17) is 13.8 Å². The highest BCUT2D eigenvalue weighted by molar-refractivity contribution is 6.32. The van der Waals surface area contributed by atoms with E-state index < -0.39 is 0 Å². The van der Waals surface area contributed by atoms with Gasteiger partial charge < -0.3 is 18.3 Å². The van der Waals surface area contributed by atoms with Crippen molar-refractivity contribution in [3.05, 3.63) is 164 Å². The molecule has 0 unspecified atom stereocenters. The molecular weight excluding hydrogens is 615 g/mol. The minimum Gasteiger partial charge on any atom is -0.456 e. The van der Waals surface area contributed by atoms with Crippen LogP contribution in [-0.4, -0.2) is 9.55 Å². The van der Waals surface area contributed by atoms with E-state index in [1.165, 1.54) is 10.8 Å². The van der Waals surface area contributed by atoms with Crippen molar-refractivity contribution in [3.63, 3.8) is 0 Å². The van der Waals surface area contributed by atoms with Crippen LogP contribution < -0.4 is 4.90 Å². The minimum absolute atomic E-state index is 0.602. The summed E-state index contributed by atoms with van der Waals surface area (Å²) in [6.07, 6.45) is 0. The van der Waals surface area contributed by atoms with E-state index >= 15 is 0 Å². The first-order valence-electron chi connectivity index (χ1n) is 16.8. The van der Waals surface area contributed by atoms with Crippen LogP contribution in [0.1, 0.15) is 0 Å². The van der Waals surface area contributed by atoms with Crippen molar-refractivity contribution in [2.75, 3.05) is 4.90 Å². The molecule has 0 aliphatic rings. The van der Waals surface area contributed by atoms with E-state index in [1.54, 1.807) is 0 Å². The molecule has 0 spiro atoms. The van der Waals surface area contributed by atoms with Gasteiger partial charge in [-0.25, -0.2) is 4.98 Å². The van der Waals surface area contributed by atoms with Gasteiger partial charge in [0, 0.05) is 55.3 Å². The van der Waals surface area contributed by atoms with Crippen LogP contribution in [0.4, 0.5) is 17.1 Å². The lowest BCUT2D eigenvalue weighted by Gasteiger charge is -2.27. The Labute approximate surface area is 286 Å². The third-order valence-corrected chi connectivity index (χ3v) is 9.93. The van der Waals surface area contributed by atoms with Gasteiger partial charge >= 0.3 is 0 Å². The van der Waals surface area contributed by atoms with E-state index in [2.05, 4.69) is 131 Å². The average Bonchev–Trinajstić information content (AvgIpc) is 3.89. The lowest BCUT2D eigenvalue weighted by molar-refractivity contribution is 0.623. The molecule has 0 aliphatic carbocycles. The van der Waals surface area contributed by atoms with E-state index in [0.29, 0.717) is 5.89 Å². The molecule has 0 aliphatic heterocycles. The Kier molecular flexibility index (Phi) is 5.60. The summed E-state index contributed by atoms with van der Waals surface area (Å²) in [6.45, 7) is 0. The van der Waals surface area contributed by atoms with Gasteiger partial charge in [0.25, 0.3) is 0 Å². The molecule has 0 fully saturated rings. The molecule has 0 N–H and O–H groups in total. The van der Waals surface area contributed by atoms with E-state index in [9.17, 15) is 0 Å². The number of hydrogen-bond donors (Lipinski definition) is 0. The van der Waals surface area contributed by atoms with Crippen molar-refractivity contribution in [1.29, 1.82) is 0 Å². The summed E-state index contributed by atoms with van der Waals surface area (Å²) in [5.74, 6) is 0.602. The number of aromatic nitrogens is 2. The first kappa shape index (κ1) is 27.1. The predicted molar refractivity (Wildman–Crippen MR) is 204 cm³/mol. The summed E-state index contributed by atoms with van der Waals surface area (Å²) >= 11 is 0. The summed E-state index contributed by atoms with van der Waals surface area (Å²) in [5, 5.41) is 6.50. The first-order valence-corrected chi connectivity index (χ1v) is 16.8. The van der Waals surface area contributed by atoms with Crippen LogP contribution in [0.5, 0.6) is 0 Å². The number of benzene rings is 8. The Morgan fingerprint density at radius 1 is 0.500 bits per heavy atom. The second-order valence-electron chi connectivity index (χ2n) is 12.7. The van der Waals surface area contributed by atoms with E-state index in [1.807, 2.05) is 42.5 Å². The van der Waals surface area contributed by atoms with Crippen LogP contribution in [0.3, 0.4) is 0 Å². The van der Waals surface area contributed by atoms with Gasteiger partial charge in [-0.15, -0.1) is 0 Å². The fourth-order valence-electron chi connectivity index (χ4n) is 7.86. The molecule has 0 amide bonds. The number of fused-ring (bicyclic) bond motifs is 6. The van der Waals surface area contributed by atoms with Gasteiger partial charge in [0.1, 0.15) is 16.7 Å². The van der Waals surface area contributed by atoms with Crippen molar-refractivity contribution < 1.29 is 8.83 Å². The second-order valence-corrected chi connectivity index (χ2v) is 12.7. The standard InChI is InChI=1S/C45H27N3O2/c1-4-14-28(15-5-1)45-46-42-34-22-13-25-38-40(34)41-35(44(42)50-45)26-31(27-39(41)49-38)47(29-16-6-2-7-17-29)37-24-12-21-33-32-20-10-11-23-36(32)48(43(33)37)30-18-8-3-9-19-30/h1-27H. The maximum absolute atomic E-state index is 6.70. The van der Waals surface area contributed by atoms with Gasteiger partial charge in [-0.05, 0) is 60.7 Å². The Bertz CT molecular complexity index is 3030. The fourth-order valence-corrected chi connectivity index (χ4v) is 7.86. The third kappa shape index (κ3) is 3.80. The second kappa shape index (κ2) is 10.3. The largest absolute Gasteiger partial charge is 0.456 e. The number of anilines is 3. The lowest BCUT2D eigenvalue weighted by atomic mass is 9.99. The lowest BCUT2D eigenvalue weighted by Crippen LogP contribution is -2.11. The van der Waals surface area contributed by atoms with Crippen molar-refractivity contribution in [3.8, 4) is 17.1 Å². The minimum atomic E-state index is 0.602. The molecule has 0 saturated carbocycles. The number of nitrogens with zero attached hydrogens (tertiary/aromatic N) is 3. The molecule has 234 valence electrons. The Morgan fingerprint density at radius 3 is 2.02 bits per heavy atom. The number of hydrogen-bond acceptors (Lipinski definition) is 4. The molecule has 5 heteroatoms. The van der Waals surface area contributed by atoms with Crippen LogP contribution in [0.15, 0.2) is 173 Å². The number of furan rings is 1. The van der Waals surface area contributed by atoms with Crippen molar-refractivity contribution in [2.24, 2.45) is 0 Å². The molecule has 11 rings (SSSR count). The zero-order chi connectivity index (χ0) is 32.8. The zero-order valence-corrected chi connectivity index (χ0v) is 26.7. The highest BCUT2D eigenvalue weighted by atomic mass is 16.3. The number of para-hydroxylation sites is 4. The topological polar surface area (TPSA) is 47.3 Å². The van der Waals surface area contributed by atoms with Crippen molar-refractivity contribution in [1.82, 2.24) is 9.55 Å². The van der Waals surface area contributed by atoms with Gasteiger partial charge in [-0.2, -0.15) is 0 Å². The fraction of sp³-hybridized carbons (Fsp3) is 0. The van der Waals surface area contributed by atoms with Crippen LogP contribution in [0.2, 0.25) is 0 Å². The van der Waals surface area contributed by atoms with Gasteiger partial charge in [0.15, 0.2) is 5.58 Å². The molecule has 0 bridgehead atoms. The Morgan fingerprint density at radius 2 is 1.18 bits per heavy atom. The molecule has 11 aromatic rings. The van der Waals surface area contributed by atoms with Gasteiger partial charge in [0.05, 0.1) is 22.4 Å². The molecule has 0 atom stereocenters. The molecule has 3 heterocycles. The molecule has 50 heavy (non-hydrogen) atoms. The number of rotatable bonds is 5. The molecule has 3 aromatic heterocycles. The molecule has 5 nitrogen and oxygen atoms in total. The van der Waals surface area contributed by atoms with Crippen LogP contribution in [-0.2, 0) is 0 Å². The highest BCUT2D eigenvalue weighted by Crippen LogP contribution is 2.48. The predicted octanol–water partition coefficient (Wildman–Crippen LogP) is 12.6. The summed E-state index contributed by atoms with van der Waals surface area (Å²) < 4.78 is 15.7. The first-order chi connectivity index (χ1) is 24.8. The monoisotopic (exact) mass is 641 g/mol.